The summed E-state index contributed by atoms with van der Waals surface area (Å²) in [5, 5.41) is 0. The van der Waals surface area contributed by atoms with E-state index in [0.717, 1.165) is 6.07 Å². The summed E-state index contributed by atoms with van der Waals surface area (Å²) in [5.41, 5.74) is 0.804. The first-order chi connectivity index (χ1) is 9.43. The van der Waals surface area contributed by atoms with Gasteiger partial charge in [0.05, 0.1) is 24.5 Å². The maximum atomic E-state index is 13.1. The van der Waals surface area contributed by atoms with Crippen molar-refractivity contribution < 1.29 is 23.5 Å². The molecule has 0 aliphatic heterocycles. The van der Waals surface area contributed by atoms with Gasteiger partial charge >= 0.3 is 11.9 Å². The average Bonchev–Trinajstić information content (AvgIpc) is 2.38. The van der Waals surface area contributed by atoms with Crippen molar-refractivity contribution in [2.75, 3.05) is 12.9 Å². The predicted octanol–water partition coefficient (Wildman–Crippen LogP) is 2.80. The molecule has 1 aromatic carbocycles. The quantitative estimate of drug-likeness (QED) is 0.756. The fourth-order valence-corrected chi connectivity index (χ4v) is 2.32. The van der Waals surface area contributed by atoms with Gasteiger partial charge in [-0.15, -0.1) is 11.8 Å². The molecule has 0 saturated carbocycles. The van der Waals surface area contributed by atoms with Gasteiger partial charge in [-0.3, -0.25) is 4.79 Å². The van der Waals surface area contributed by atoms with Gasteiger partial charge in [-0.1, -0.05) is 6.07 Å². The molecule has 0 N–H and O–H groups in total. The van der Waals surface area contributed by atoms with E-state index in [0.29, 0.717) is 11.3 Å². The van der Waals surface area contributed by atoms with Crippen molar-refractivity contribution in [2.45, 2.75) is 25.7 Å². The lowest BCUT2D eigenvalue weighted by Gasteiger charge is -2.09. The van der Waals surface area contributed by atoms with Gasteiger partial charge in [0.2, 0.25) is 0 Å². The SMILES string of the molecule is COC(=O)c1cc(F)ccc1CSCC(=O)OC(C)C. The van der Waals surface area contributed by atoms with Crippen LogP contribution in [0.3, 0.4) is 0 Å². The molecule has 0 aromatic heterocycles. The van der Waals surface area contributed by atoms with E-state index in [1.54, 1.807) is 13.8 Å². The summed E-state index contributed by atoms with van der Waals surface area (Å²) in [6.07, 6.45) is -0.153. The normalized spacial score (nSPS) is 10.4. The van der Waals surface area contributed by atoms with E-state index in [1.807, 2.05) is 0 Å². The number of ether oxygens (including phenoxy) is 2. The highest BCUT2D eigenvalue weighted by molar-refractivity contribution is 7.99. The molecule has 0 aliphatic carbocycles. The van der Waals surface area contributed by atoms with E-state index in [1.165, 1.54) is 31.0 Å². The number of hydrogen-bond acceptors (Lipinski definition) is 5. The third-order valence-corrected chi connectivity index (χ3v) is 3.28. The van der Waals surface area contributed by atoms with Crippen molar-refractivity contribution in [1.82, 2.24) is 0 Å². The van der Waals surface area contributed by atoms with Crippen LogP contribution in [0.4, 0.5) is 4.39 Å². The van der Waals surface area contributed by atoms with Crippen molar-refractivity contribution in [2.24, 2.45) is 0 Å². The van der Waals surface area contributed by atoms with E-state index in [9.17, 15) is 14.0 Å². The van der Waals surface area contributed by atoms with Crippen LogP contribution < -0.4 is 0 Å². The third kappa shape index (κ3) is 5.21. The van der Waals surface area contributed by atoms with E-state index in [2.05, 4.69) is 4.74 Å². The maximum Gasteiger partial charge on any atom is 0.338 e. The van der Waals surface area contributed by atoms with Crippen LogP contribution in [0.15, 0.2) is 18.2 Å². The van der Waals surface area contributed by atoms with Crippen molar-refractivity contribution in [3.05, 3.63) is 35.1 Å². The lowest BCUT2D eigenvalue weighted by atomic mass is 10.1. The molecule has 20 heavy (non-hydrogen) atoms. The van der Waals surface area contributed by atoms with Crippen molar-refractivity contribution in [1.29, 1.82) is 0 Å². The molecule has 0 heterocycles. The zero-order valence-corrected chi connectivity index (χ0v) is 12.5. The van der Waals surface area contributed by atoms with E-state index < -0.39 is 11.8 Å². The molecule has 0 aliphatic rings. The number of rotatable bonds is 6. The Labute approximate surface area is 121 Å². The first-order valence-electron chi connectivity index (χ1n) is 6.08. The summed E-state index contributed by atoms with van der Waals surface area (Å²) in [5.74, 6) is -0.830. The van der Waals surface area contributed by atoms with Gasteiger partial charge in [0.25, 0.3) is 0 Å². The Balaban J connectivity index is 2.64. The zero-order chi connectivity index (χ0) is 15.1. The lowest BCUT2D eigenvalue weighted by Crippen LogP contribution is -2.13. The Morgan fingerprint density at radius 2 is 2.05 bits per heavy atom. The van der Waals surface area contributed by atoms with Crippen LogP contribution in [0.5, 0.6) is 0 Å². The Bertz CT molecular complexity index is 488. The fraction of sp³-hybridized carbons (Fsp3) is 0.429. The molecular weight excluding hydrogens is 283 g/mol. The fourth-order valence-electron chi connectivity index (χ4n) is 1.52. The second-order valence-electron chi connectivity index (χ2n) is 4.32. The Morgan fingerprint density at radius 1 is 1.35 bits per heavy atom. The van der Waals surface area contributed by atoms with Crippen molar-refractivity contribution in [3.63, 3.8) is 0 Å². The molecule has 110 valence electrons. The van der Waals surface area contributed by atoms with Crippen molar-refractivity contribution >= 4 is 23.7 Å². The summed E-state index contributed by atoms with van der Waals surface area (Å²) in [6.45, 7) is 3.55. The Hall–Kier alpha value is -1.56. The van der Waals surface area contributed by atoms with Gasteiger partial charge in [0.15, 0.2) is 0 Å². The van der Waals surface area contributed by atoms with E-state index in [-0.39, 0.29) is 23.4 Å². The van der Waals surface area contributed by atoms with Crippen LogP contribution in [0, 0.1) is 5.82 Å². The minimum absolute atomic E-state index is 0.153. The second-order valence-corrected chi connectivity index (χ2v) is 5.31. The average molecular weight is 300 g/mol. The molecule has 4 nitrogen and oxygen atoms in total. The van der Waals surface area contributed by atoms with Crippen LogP contribution in [0.1, 0.15) is 29.8 Å². The van der Waals surface area contributed by atoms with Gasteiger partial charge in [0, 0.05) is 5.75 Å². The molecule has 0 atom stereocenters. The largest absolute Gasteiger partial charge is 0.465 e. The molecule has 1 rings (SSSR count). The first kappa shape index (κ1) is 16.5. The second kappa shape index (κ2) is 7.89. The number of carbonyl (C=O) groups is 2. The summed E-state index contributed by atoms with van der Waals surface area (Å²) in [7, 11) is 1.24. The Kier molecular flexibility index (Phi) is 6.51. The number of halogens is 1. The van der Waals surface area contributed by atoms with Gasteiger partial charge in [-0.2, -0.15) is 0 Å². The smallest absolute Gasteiger partial charge is 0.338 e. The summed E-state index contributed by atoms with van der Waals surface area (Å²) in [6, 6.07) is 3.92. The molecule has 0 spiro atoms. The summed E-state index contributed by atoms with van der Waals surface area (Å²) < 4.78 is 22.7. The number of methoxy groups -OCH3 is 1. The standard InChI is InChI=1S/C14H17FO4S/c1-9(2)19-13(16)8-20-7-10-4-5-11(15)6-12(10)14(17)18-3/h4-6,9H,7-8H2,1-3H3. The number of carbonyl (C=O) groups excluding carboxylic acids is 2. The van der Waals surface area contributed by atoms with Crippen LogP contribution >= 0.6 is 11.8 Å². The molecule has 0 bridgehead atoms. The van der Waals surface area contributed by atoms with Crippen LogP contribution in [-0.4, -0.2) is 30.9 Å². The molecule has 0 unspecified atom stereocenters. The monoisotopic (exact) mass is 300 g/mol. The van der Waals surface area contributed by atoms with Crippen molar-refractivity contribution in [3.8, 4) is 0 Å². The number of hydrogen-bond donors (Lipinski definition) is 0. The van der Waals surface area contributed by atoms with Crippen LogP contribution in [0.2, 0.25) is 0 Å². The van der Waals surface area contributed by atoms with Crippen LogP contribution in [0.25, 0.3) is 0 Å². The number of esters is 2. The molecule has 0 amide bonds. The topological polar surface area (TPSA) is 52.6 Å². The molecule has 1 aromatic rings. The Morgan fingerprint density at radius 3 is 2.65 bits per heavy atom. The van der Waals surface area contributed by atoms with E-state index in [4.69, 9.17) is 4.74 Å². The minimum Gasteiger partial charge on any atom is -0.465 e. The maximum absolute atomic E-state index is 13.1. The highest BCUT2D eigenvalue weighted by atomic mass is 32.2. The molecule has 0 saturated heterocycles. The molecule has 0 radical (unpaired) electrons. The van der Waals surface area contributed by atoms with E-state index >= 15 is 0 Å². The summed E-state index contributed by atoms with van der Waals surface area (Å²) >= 11 is 1.30. The highest BCUT2D eigenvalue weighted by Gasteiger charge is 2.14. The lowest BCUT2D eigenvalue weighted by molar-refractivity contribution is -0.144. The molecular formula is C14H17FO4S. The zero-order valence-electron chi connectivity index (χ0n) is 11.6. The van der Waals surface area contributed by atoms with Gasteiger partial charge < -0.3 is 9.47 Å². The van der Waals surface area contributed by atoms with Crippen LogP contribution in [-0.2, 0) is 20.0 Å². The number of thioether (sulfide) groups is 1. The highest BCUT2D eigenvalue weighted by Crippen LogP contribution is 2.19. The first-order valence-corrected chi connectivity index (χ1v) is 7.23. The predicted molar refractivity (Wildman–Crippen MR) is 75.1 cm³/mol. The van der Waals surface area contributed by atoms with Gasteiger partial charge in [0.1, 0.15) is 5.82 Å². The molecule has 6 heteroatoms. The number of benzene rings is 1. The summed E-state index contributed by atoms with van der Waals surface area (Å²) in [4.78, 5) is 22.9. The van der Waals surface area contributed by atoms with Gasteiger partial charge in [-0.05, 0) is 31.5 Å². The molecule has 0 fully saturated rings. The van der Waals surface area contributed by atoms with Gasteiger partial charge in [-0.25, -0.2) is 9.18 Å². The third-order valence-electron chi connectivity index (χ3n) is 2.32. The minimum atomic E-state index is -0.593.